The lowest BCUT2D eigenvalue weighted by Gasteiger charge is -2.41. The van der Waals surface area contributed by atoms with Crippen LogP contribution in [0.25, 0.3) is 0 Å². The Kier molecular flexibility index (Phi) is 33.1. The van der Waals surface area contributed by atoms with Gasteiger partial charge in [0.1, 0.15) is 42.7 Å². The lowest BCUT2D eigenvalue weighted by molar-refractivity contribution is -0.220. The largest absolute Gasteiger partial charge is 0.472 e. The van der Waals surface area contributed by atoms with Crippen molar-refractivity contribution < 1.29 is 58.3 Å². The van der Waals surface area contributed by atoms with Gasteiger partial charge in [-0.25, -0.2) is 4.57 Å². The molecule has 0 amide bonds. The molecular weight excluding hydrogens is 739 g/mol. The first kappa shape index (κ1) is 53.1. The summed E-state index contributed by atoms with van der Waals surface area (Å²) < 4.78 is 34.1. The number of esters is 1. The summed E-state index contributed by atoms with van der Waals surface area (Å²) in [7, 11) is -5.01. The number of carbonyl (C=O) groups excluding carboxylic acids is 1. The van der Waals surface area contributed by atoms with E-state index in [1.165, 1.54) is 109 Å². The van der Waals surface area contributed by atoms with E-state index in [1.54, 1.807) is 0 Å². The molecule has 0 aliphatic heterocycles. The van der Waals surface area contributed by atoms with E-state index in [0.717, 1.165) is 57.8 Å². The fourth-order valence-electron chi connectivity index (χ4n) is 7.01. The van der Waals surface area contributed by atoms with Crippen molar-refractivity contribution in [2.24, 2.45) is 0 Å². The predicted molar refractivity (Wildman–Crippen MR) is 221 cm³/mol. The van der Waals surface area contributed by atoms with Crippen LogP contribution in [0.4, 0.5) is 0 Å². The van der Waals surface area contributed by atoms with Crippen molar-refractivity contribution in [1.82, 2.24) is 0 Å². The topological polar surface area (TPSA) is 192 Å². The Balaban J connectivity index is 2.37. The molecule has 1 saturated carbocycles. The zero-order valence-electron chi connectivity index (χ0n) is 35.2. The second-order valence-electron chi connectivity index (χ2n) is 15.9. The number of carbonyl (C=O) groups is 1. The predicted octanol–water partition coefficient (Wildman–Crippen LogP) is 8.75. The van der Waals surface area contributed by atoms with Crippen LogP contribution in [0.1, 0.15) is 194 Å². The summed E-state index contributed by atoms with van der Waals surface area (Å²) in [6, 6.07) is 0. The van der Waals surface area contributed by atoms with E-state index in [-0.39, 0.29) is 13.0 Å². The molecule has 0 spiro atoms. The lowest BCUT2D eigenvalue weighted by atomic mass is 9.85. The smallest absolute Gasteiger partial charge is 0.457 e. The summed E-state index contributed by atoms with van der Waals surface area (Å²) in [5, 5.41) is 50.1. The number of ether oxygens (including phenoxy) is 2. The van der Waals surface area contributed by atoms with Crippen LogP contribution in [0.15, 0.2) is 12.2 Å². The second-order valence-corrected chi connectivity index (χ2v) is 17.3. The van der Waals surface area contributed by atoms with Crippen molar-refractivity contribution in [3.05, 3.63) is 12.2 Å². The number of unbranched alkanes of at least 4 members (excludes halogenated alkanes) is 24. The van der Waals surface area contributed by atoms with Crippen molar-refractivity contribution in [2.45, 2.75) is 236 Å². The van der Waals surface area contributed by atoms with Gasteiger partial charge in [0.15, 0.2) is 0 Å². The minimum Gasteiger partial charge on any atom is -0.457 e. The number of phosphoric acid groups is 1. The maximum Gasteiger partial charge on any atom is 0.472 e. The fraction of sp³-hybridized carbons (Fsp3) is 0.930. The van der Waals surface area contributed by atoms with E-state index in [1.807, 2.05) is 0 Å². The third-order valence-electron chi connectivity index (χ3n) is 10.6. The molecule has 1 rings (SSSR count). The number of aliphatic hydroxyl groups is 5. The van der Waals surface area contributed by atoms with Gasteiger partial charge >= 0.3 is 13.8 Å². The quantitative estimate of drug-likeness (QED) is 0.0150. The summed E-state index contributed by atoms with van der Waals surface area (Å²) >= 11 is 0. The average molecular weight is 823 g/mol. The van der Waals surface area contributed by atoms with Gasteiger partial charge < -0.3 is 39.9 Å². The molecule has 6 unspecified atom stereocenters. The summed E-state index contributed by atoms with van der Waals surface area (Å²) in [5.74, 6) is -0.477. The highest BCUT2D eigenvalue weighted by Crippen LogP contribution is 2.47. The number of hydrogen-bond acceptors (Lipinski definition) is 11. The molecule has 0 saturated heterocycles. The zero-order chi connectivity index (χ0) is 41.3. The molecule has 0 heterocycles. The van der Waals surface area contributed by atoms with Crippen molar-refractivity contribution >= 4 is 13.8 Å². The molecule has 13 heteroatoms. The summed E-state index contributed by atoms with van der Waals surface area (Å²) in [6.07, 6.45) is 24.3. The molecule has 0 aromatic rings. The van der Waals surface area contributed by atoms with Crippen LogP contribution in [0.5, 0.6) is 0 Å². The van der Waals surface area contributed by atoms with Crippen molar-refractivity contribution in [1.29, 1.82) is 0 Å². The Bertz CT molecular complexity index is 984. The Morgan fingerprint density at radius 1 is 0.554 bits per heavy atom. The molecule has 6 atom stereocenters. The van der Waals surface area contributed by atoms with Gasteiger partial charge in [0, 0.05) is 13.0 Å². The lowest BCUT2D eigenvalue weighted by Crippen LogP contribution is -2.64. The summed E-state index contributed by atoms with van der Waals surface area (Å²) in [5.41, 5.74) is 0. The Hall–Kier alpha value is -0.920. The fourth-order valence-corrected chi connectivity index (χ4v) is 7.98. The number of phosphoric ester groups is 1. The van der Waals surface area contributed by atoms with Gasteiger partial charge in [-0.05, 0) is 32.1 Å². The first-order valence-corrected chi connectivity index (χ1v) is 24.0. The standard InChI is InChI=1S/C43H83O12P/c1-3-5-7-9-11-13-15-16-17-18-19-20-21-22-24-26-28-30-32-37(44)54-36(34-52-33-31-29-27-25-23-14-12-10-8-6-4-2)35-53-56(50,51)55-43-41(48)39(46)38(45)40(47)42(43)49/h8,10,36,38-43,45-49H,3-7,9,11-35H2,1-2H3,(H,50,51)/b10-8-. The average Bonchev–Trinajstić information content (AvgIpc) is 3.18. The molecule has 1 aliphatic rings. The summed E-state index contributed by atoms with van der Waals surface area (Å²) in [4.78, 5) is 23.1. The van der Waals surface area contributed by atoms with Crippen LogP contribution in [0, 0.1) is 0 Å². The van der Waals surface area contributed by atoms with Gasteiger partial charge in [0.25, 0.3) is 0 Å². The first-order chi connectivity index (χ1) is 27.0. The first-order valence-electron chi connectivity index (χ1n) is 22.5. The molecule has 1 fully saturated rings. The highest BCUT2D eigenvalue weighted by Gasteiger charge is 2.51. The maximum absolute atomic E-state index is 12.8. The second kappa shape index (κ2) is 34.9. The van der Waals surface area contributed by atoms with E-state index >= 15 is 0 Å². The number of hydrogen-bond donors (Lipinski definition) is 6. The van der Waals surface area contributed by atoms with Gasteiger partial charge in [0.2, 0.25) is 0 Å². The molecule has 0 bridgehead atoms. The van der Waals surface area contributed by atoms with Gasteiger partial charge in [-0.1, -0.05) is 167 Å². The van der Waals surface area contributed by atoms with Gasteiger partial charge in [-0.3, -0.25) is 13.8 Å². The van der Waals surface area contributed by atoms with Crippen LogP contribution < -0.4 is 0 Å². The normalized spacial score (nSPS) is 23.1. The van der Waals surface area contributed by atoms with Crippen molar-refractivity contribution in [2.75, 3.05) is 19.8 Å². The minimum atomic E-state index is -5.01. The molecule has 332 valence electrons. The Morgan fingerprint density at radius 2 is 0.982 bits per heavy atom. The third-order valence-corrected chi connectivity index (χ3v) is 11.6. The SMILES string of the molecule is CCC/C=C\CCCCCCCCOCC(COP(=O)(O)OC1C(O)C(O)C(O)C(O)C1O)OC(=O)CCCCCCCCCCCCCCCCCCCC. The van der Waals surface area contributed by atoms with Gasteiger partial charge in [0.05, 0.1) is 13.2 Å². The number of rotatable bonds is 38. The molecule has 56 heavy (non-hydrogen) atoms. The van der Waals surface area contributed by atoms with Crippen molar-refractivity contribution in [3.63, 3.8) is 0 Å². The highest BCUT2D eigenvalue weighted by atomic mass is 31.2. The van der Waals surface area contributed by atoms with Crippen LogP contribution >= 0.6 is 7.82 Å². The Morgan fingerprint density at radius 3 is 1.48 bits per heavy atom. The van der Waals surface area contributed by atoms with E-state index in [9.17, 15) is 39.8 Å². The van der Waals surface area contributed by atoms with E-state index in [2.05, 4.69) is 26.0 Å². The van der Waals surface area contributed by atoms with Crippen LogP contribution in [-0.2, 0) is 27.9 Å². The molecule has 0 aromatic heterocycles. The van der Waals surface area contributed by atoms with E-state index < -0.39 is 63.1 Å². The monoisotopic (exact) mass is 823 g/mol. The summed E-state index contributed by atoms with van der Waals surface area (Å²) in [6.45, 7) is 4.20. The maximum atomic E-state index is 12.8. The van der Waals surface area contributed by atoms with E-state index in [4.69, 9.17) is 18.5 Å². The van der Waals surface area contributed by atoms with Gasteiger partial charge in [-0.2, -0.15) is 0 Å². The van der Waals surface area contributed by atoms with Crippen LogP contribution in [0.2, 0.25) is 0 Å². The molecule has 0 radical (unpaired) electrons. The number of allylic oxidation sites excluding steroid dienone is 2. The number of aliphatic hydroxyl groups excluding tert-OH is 5. The molecule has 0 aromatic carbocycles. The van der Waals surface area contributed by atoms with E-state index in [0.29, 0.717) is 13.0 Å². The zero-order valence-corrected chi connectivity index (χ0v) is 36.1. The molecule has 1 aliphatic carbocycles. The van der Waals surface area contributed by atoms with Gasteiger partial charge in [-0.15, -0.1) is 0 Å². The third kappa shape index (κ3) is 27.0. The Labute approximate surface area is 339 Å². The highest BCUT2D eigenvalue weighted by molar-refractivity contribution is 7.47. The van der Waals surface area contributed by atoms with Crippen LogP contribution in [-0.4, -0.2) is 98.9 Å². The molecule has 6 N–H and O–H groups in total. The molecule has 12 nitrogen and oxygen atoms in total. The molecular formula is C43H83O12P. The minimum absolute atomic E-state index is 0.0761. The van der Waals surface area contributed by atoms with Crippen molar-refractivity contribution in [3.8, 4) is 0 Å². The van der Waals surface area contributed by atoms with Crippen LogP contribution in [0.3, 0.4) is 0 Å².